The lowest BCUT2D eigenvalue weighted by Crippen LogP contribution is -2.48. The fourth-order valence-corrected chi connectivity index (χ4v) is 4.99. The van der Waals surface area contributed by atoms with E-state index in [4.69, 9.17) is 9.31 Å². The molecular weight excluding hydrogens is 405 g/mol. The van der Waals surface area contributed by atoms with Crippen molar-refractivity contribution >= 4 is 39.5 Å². The fourth-order valence-electron chi connectivity index (χ4n) is 3.82. The Balaban J connectivity index is 1.67. The molecule has 0 spiro atoms. The van der Waals surface area contributed by atoms with Gasteiger partial charge in [-0.1, -0.05) is 12.1 Å². The van der Waals surface area contributed by atoms with Gasteiger partial charge in [0, 0.05) is 44.1 Å². The Morgan fingerprint density at radius 3 is 2.23 bits per heavy atom. The van der Waals surface area contributed by atoms with E-state index < -0.39 is 28.5 Å². The van der Waals surface area contributed by atoms with E-state index in [2.05, 4.69) is 14.7 Å². The van der Waals surface area contributed by atoms with Gasteiger partial charge in [-0.2, -0.15) is 17.8 Å². The van der Waals surface area contributed by atoms with Crippen molar-refractivity contribution in [1.29, 1.82) is 0 Å². The Kier molecular flexibility index (Phi) is 5.18. The maximum Gasteiger partial charge on any atom is 0.497 e. The molecule has 0 bridgehead atoms. The molecule has 1 aromatic heterocycles. The van der Waals surface area contributed by atoms with Gasteiger partial charge in [-0.25, -0.2) is 0 Å². The summed E-state index contributed by atoms with van der Waals surface area (Å²) >= 11 is 0. The number of aromatic nitrogens is 2. The molecular formula is C19H30BN5O4S. The number of likely N-dealkylation sites (N-methyl/N-ethyl adjacent to an activating group) is 1. The van der Waals surface area contributed by atoms with Crippen molar-refractivity contribution < 1.29 is 17.7 Å². The van der Waals surface area contributed by atoms with Crippen LogP contribution in [0.15, 0.2) is 18.2 Å². The minimum absolute atomic E-state index is 0.310. The van der Waals surface area contributed by atoms with E-state index in [1.54, 1.807) is 11.7 Å². The third-order valence-corrected chi connectivity index (χ3v) is 7.93. The molecule has 2 saturated heterocycles. The first kappa shape index (κ1) is 21.6. The number of benzene rings is 1. The molecule has 11 heteroatoms. The molecule has 2 fully saturated rings. The number of para-hydroxylation sites is 1. The molecule has 2 aliphatic rings. The van der Waals surface area contributed by atoms with Crippen molar-refractivity contribution in [3.8, 4) is 0 Å². The normalized spacial score (nSPS) is 22.7. The Bertz CT molecular complexity index is 1040. The Morgan fingerprint density at radius 2 is 1.63 bits per heavy atom. The van der Waals surface area contributed by atoms with Crippen molar-refractivity contribution in [2.75, 3.05) is 37.9 Å². The van der Waals surface area contributed by atoms with Gasteiger partial charge in [0.05, 0.1) is 16.7 Å². The van der Waals surface area contributed by atoms with Crippen LogP contribution in [0.25, 0.3) is 10.9 Å². The van der Waals surface area contributed by atoms with Gasteiger partial charge in [-0.05, 0) is 40.8 Å². The van der Waals surface area contributed by atoms with E-state index in [9.17, 15) is 8.42 Å². The van der Waals surface area contributed by atoms with Crippen LogP contribution in [0.1, 0.15) is 27.7 Å². The van der Waals surface area contributed by atoms with Crippen LogP contribution in [0.3, 0.4) is 0 Å². The van der Waals surface area contributed by atoms with Crippen LogP contribution in [0.4, 0.5) is 5.82 Å². The number of aryl methyl sites for hydroxylation is 1. The molecule has 164 valence electrons. The molecule has 3 heterocycles. The Labute approximate surface area is 178 Å². The Morgan fingerprint density at radius 1 is 1.03 bits per heavy atom. The maximum absolute atomic E-state index is 12.9. The minimum atomic E-state index is -3.69. The summed E-state index contributed by atoms with van der Waals surface area (Å²) in [5, 5.41) is 5.18. The molecule has 9 nitrogen and oxygen atoms in total. The van der Waals surface area contributed by atoms with Gasteiger partial charge in [0.15, 0.2) is 5.82 Å². The van der Waals surface area contributed by atoms with E-state index in [1.807, 2.05) is 52.9 Å². The second-order valence-corrected chi connectivity index (χ2v) is 10.8. The predicted octanol–water partition coefficient (Wildman–Crippen LogP) is 0.777. The number of nitrogens with zero attached hydrogens (tertiary/aromatic N) is 4. The summed E-state index contributed by atoms with van der Waals surface area (Å²) in [5.74, 6) is 0.310. The molecule has 1 N–H and O–H groups in total. The van der Waals surface area contributed by atoms with Crippen LogP contribution in [-0.2, 0) is 26.6 Å². The van der Waals surface area contributed by atoms with Crippen molar-refractivity contribution in [1.82, 2.24) is 19.0 Å². The number of piperazine rings is 1. The lowest BCUT2D eigenvalue weighted by Gasteiger charge is -2.32. The summed E-state index contributed by atoms with van der Waals surface area (Å²) in [5.41, 5.74) is 0.674. The highest BCUT2D eigenvalue weighted by Gasteiger charge is 2.52. The average molecular weight is 435 g/mol. The van der Waals surface area contributed by atoms with E-state index >= 15 is 0 Å². The number of hydrogen-bond acceptors (Lipinski definition) is 6. The second-order valence-electron chi connectivity index (χ2n) is 9.11. The molecule has 0 radical (unpaired) electrons. The first-order valence-corrected chi connectivity index (χ1v) is 11.6. The van der Waals surface area contributed by atoms with Crippen LogP contribution < -0.4 is 10.2 Å². The van der Waals surface area contributed by atoms with Crippen molar-refractivity contribution in [3.63, 3.8) is 0 Å². The Hall–Kier alpha value is -1.66. The quantitative estimate of drug-likeness (QED) is 0.715. The highest BCUT2D eigenvalue weighted by molar-refractivity contribution is 7.90. The summed E-state index contributed by atoms with van der Waals surface area (Å²) in [7, 11) is -0.464. The van der Waals surface area contributed by atoms with E-state index in [1.165, 1.54) is 4.31 Å². The summed E-state index contributed by atoms with van der Waals surface area (Å²) in [6.07, 6.45) is 0. The van der Waals surface area contributed by atoms with E-state index in [0.29, 0.717) is 37.4 Å². The molecule has 0 atom stereocenters. The third-order valence-electron chi connectivity index (χ3n) is 6.43. The van der Waals surface area contributed by atoms with Gasteiger partial charge in [-0.15, -0.1) is 0 Å². The number of fused-ring (bicyclic) bond motifs is 1. The summed E-state index contributed by atoms with van der Waals surface area (Å²) in [6, 6.07) is 5.67. The molecule has 2 aromatic rings. The lowest BCUT2D eigenvalue weighted by atomic mass is 9.78. The molecule has 4 rings (SSSR count). The number of hydrogen-bond donors (Lipinski definition) is 1. The molecule has 1 aromatic carbocycles. The fraction of sp³-hybridized carbons (Fsp3) is 0.632. The number of nitrogens with one attached hydrogen (secondary N) is 1. The van der Waals surface area contributed by atoms with Crippen LogP contribution in [-0.4, -0.2) is 79.0 Å². The molecule has 0 unspecified atom stereocenters. The molecule has 0 amide bonds. The van der Waals surface area contributed by atoms with Gasteiger partial charge in [0.1, 0.15) is 0 Å². The monoisotopic (exact) mass is 435 g/mol. The lowest BCUT2D eigenvalue weighted by molar-refractivity contribution is 0.00578. The van der Waals surface area contributed by atoms with Crippen LogP contribution in [0.2, 0.25) is 0 Å². The van der Waals surface area contributed by atoms with Crippen LogP contribution >= 0.6 is 0 Å². The molecule has 30 heavy (non-hydrogen) atoms. The largest absolute Gasteiger partial charge is 0.497 e. The first-order valence-electron chi connectivity index (χ1n) is 10.2. The third kappa shape index (κ3) is 3.62. The number of rotatable bonds is 4. The van der Waals surface area contributed by atoms with Crippen LogP contribution in [0, 0.1) is 0 Å². The van der Waals surface area contributed by atoms with E-state index in [-0.39, 0.29) is 0 Å². The summed E-state index contributed by atoms with van der Waals surface area (Å²) < 4.78 is 44.1. The van der Waals surface area contributed by atoms with Crippen molar-refractivity contribution in [2.45, 2.75) is 38.9 Å². The predicted molar refractivity (Wildman–Crippen MR) is 118 cm³/mol. The molecule has 2 aliphatic heterocycles. The van der Waals surface area contributed by atoms with Crippen molar-refractivity contribution in [3.05, 3.63) is 18.2 Å². The standard InChI is InChI=1S/C19H30BN5O4S/c1-18(2)19(3,4)29-20(28-18)15-9-7-8-14-16(15)24(6)21-17(14)22-30(26,27)25-12-10-23(5)11-13-25/h7-9H,10-13H2,1-6H3,(H,21,22). The minimum Gasteiger partial charge on any atom is -0.399 e. The molecule has 0 saturated carbocycles. The van der Waals surface area contributed by atoms with E-state index in [0.717, 1.165) is 11.0 Å². The van der Waals surface area contributed by atoms with Gasteiger partial charge in [0.25, 0.3) is 0 Å². The first-order chi connectivity index (χ1) is 13.9. The summed E-state index contributed by atoms with van der Waals surface area (Å²) in [6.45, 7) is 10.3. The SMILES string of the molecule is CN1CCN(S(=O)(=O)Nc2nn(C)c3c(B4OC(C)(C)C(C)(C)O4)cccc23)CC1. The van der Waals surface area contributed by atoms with Crippen LogP contribution in [0.5, 0.6) is 0 Å². The average Bonchev–Trinajstić information content (AvgIpc) is 3.07. The van der Waals surface area contributed by atoms with Gasteiger partial charge < -0.3 is 14.2 Å². The highest BCUT2D eigenvalue weighted by atomic mass is 32.2. The number of anilines is 1. The zero-order chi connectivity index (χ0) is 21.9. The zero-order valence-electron chi connectivity index (χ0n) is 18.5. The topological polar surface area (TPSA) is 88.9 Å². The molecule has 0 aliphatic carbocycles. The smallest absolute Gasteiger partial charge is 0.399 e. The van der Waals surface area contributed by atoms with Gasteiger partial charge >= 0.3 is 17.3 Å². The summed E-state index contributed by atoms with van der Waals surface area (Å²) in [4.78, 5) is 2.11. The zero-order valence-corrected chi connectivity index (χ0v) is 19.3. The maximum atomic E-state index is 12.9. The highest BCUT2D eigenvalue weighted by Crippen LogP contribution is 2.37. The second kappa shape index (κ2) is 7.20. The van der Waals surface area contributed by atoms with Gasteiger partial charge in [-0.3, -0.25) is 9.40 Å². The van der Waals surface area contributed by atoms with Crippen molar-refractivity contribution in [2.24, 2.45) is 7.05 Å². The van der Waals surface area contributed by atoms with Gasteiger partial charge in [0.2, 0.25) is 0 Å².